The Kier molecular flexibility index (Phi) is 6.93. The fraction of sp³-hybridized carbons (Fsp3) is 0.389. The van der Waals surface area contributed by atoms with Crippen LogP contribution in [0, 0.1) is 11.7 Å². The van der Waals surface area contributed by atoms with Crippen LogP contribution in [0.2, 0.25) is 0 Å². The van der Waals surface area contributed by atoms with Crippen molar-refractivity contribution in [3.63, 3.8) is 0 Å². The van der Waals surface area contributed by atoms with E-state index in [1.807, 2.05) is 13.8 Å². The summed E-state index contributed by atoms with van der Waals surface area (Å²) in [5.74, 6) is -0.488. The van der Waals surface area contributed by atoms with E-state index in [1.54, 1.807) is 12.1 Å². The Morgan fingerprint density at radius 1 is 1.19 bits per heavy atom. The maximum Gasteiger partial charge on any atom is 0.238 e. The van der Waals surface area contributed by atoms with Gasteiger partial charge in [0, 0.05) is 0 Å². The minimum absolute atomic E-state index is 0.114. The van der Waals surface area contributed by atoms with Crippen molar-refractivity contribution in [2.45, 2.75) is 38.6 Å². The number of hydrogen-bond donors (Lipinski definition) is 2. The van der Waals surface area contributed by atoms with Gasteiger partial charge < -0.3 is 9.73 Å². The first-order valence-electron chi connectivity index (χ1n) is 8.29. The molecule has 1 heterocycles. The summed E-state index contributed by atoms with van der Waals surface area (Å²) in [6.45, 7) is 3.99. The van der Waals surface area contributed by atoms with Gasteiger partial charge in [0.15, 0.2) is 0 Å². The Bertz CT molecular complexity index is 802. The predicted octanol–water partition coefficient (Wildman–Crippen LogP) is 2.57. The summed E-state index contributed by atoms with van der Waals surface area (Å²) < 4.78 is 45.4. The van der Waals surface area contributed by atoms with Gasteiger partial charge in [0.1, 0.15) is 17.6 Å². The molecular formula is C18H23FN2O4S. The highest BCUT2D eigenvalue weighted by molar-refractivity contribution is 7.88. The van der Waals surface area contributed by atoms with Crippen LogP contribution in [0.5, 0.6) is 0 Å². The van der Waals surface area contributed by atoms with E-state index in [1.165, 1.54) is 30.5 Å². The zero-order valence-electron chi connectivity index (χ0n) is 14.7. The van der Waals surface area contributed by atoms with E-state index in [-0.39, 0.29) is 18.2 Å². The summed E-state index contributed by atoms with van der Waals surface area (Å²) in [5.41, 5.74) is 0.443. The molecule has 2 aromatic rings. The third kappa shape index (κ3) is 6.61. The average Bonchev–Trinajstić information content (AvgIpc) is 3.06. The lowest BCUT2D eigenvalue weighted by Gasteiger charge is -2.20. The first kappa shape index (κ1) is 20.1. The monoisotopic (exact) mass is 382 g/mol. The Morgan fingerprint density at radius 2 is 1.88 bits per heavy atom. The van der Waals surface area contributed by atoms with Gasteiger partial charge in [-0.15, -0.1) is 0 Å². The van der Waals surface area contributed by atoms with Crippen LogP contribution >= 0.6 is 0 Å². The van der Waals surface area contributed by atoms with Gasteiger partial charge in [-0.25, -0.2) is 17.5 Å². The van der Waals surface area contributed by atoms with Gasteiger partial charge in [-0.1, -0.05) is 26.0 Å². The molecule has 0 radical (unpaired) electrons. The van der Waals surface area contributed by atoms with Crippen LogP contribution in [0.3, 0.4) is 0 Å². The summed E-state index contributed by atoms with van der Waals surface area (Å²) in [4.78, 5) is 12.4. The van der Waals surface area contributed by atoms with E-state index < -0.39 is 27.8 Å². The van der Waals surface area contributed by atoms with Crippen LogP contribution in [0.1, 0.15) is 31.6 Å². The second-order valence-electron chi connectivity index (χ2n) is 6.48. The number of benzene rings is 1. The summed E-state index contributed by atoms with van der Waals surface area (Å²) in [5, 5.41) is 2.68. The highest BCUT2D eigenvalue weighted by atomic mass is 32.2. The molecule has 6 nitrogen and oxygen atoms in total. The van der Waals surface area contributed by atoms with Gasteiger partial charge in [0.2, 0.25) is 15.9 Å². The van der Waals surface area contributed by atoms with E-state index in [9.17, 15) is 17.6 Å². The molecule has 2 N–H and O–H groups in total. The van der Waals surface area contributed by atoms with Crippen LogP contribution in [-0.2, 0) is 27.1 Å². The van der Waals surface area contributed by atoms with Crippen LogP contribution in [0.15, 0.2) is 47.1 Å². The van der Waals surface area contributed by atoms with Gasteiger partial charge in [-0.05, 0) is 42.2 Å². The topological polar surface area (TPSA) is 88.4 Å². The number of nitrogens with one attached hydrogen (secondary N) is 2. The second-order valence-corrected chi connectivity index (χ2v) is 8.24. The summed E-state index contributed by atoms with van der Waals surface area (Å²) in [7, 11) is -3.77. The number of rotatable bonds is 9. The van der Waals surface area contributed by atoms with Crippen molar-refractivity contribution in [1.82, 2.24) is 10.0 Å². The Hall–Kier alpha value is -2.19. The largest absolute Gasteiger partial charge is 0.467 e. The van der Waals surface area contributed by atoms with Crippen molar-refractivity contribution >= 4 is 15.9 Å². The van der Waals surface area contributed by atoms with E-state index in [4.69, 9.17) is 4.42 Å². The molecule has 0 saturated heterocycles. The van der Waals surface area contributed by atoms with Gasteiger partial charge in [0.05, 0.1) is 18.6 Å². The molecule has 0 unspecified atom stereocenters. The third-order valence-corrected chi connectivity index (χ3v) is 4.99. The smallest absolute Gasteiger partial charge is 0.238 e. The van der Waals surface area contributed by atoms with Gasteiger partial charge in [0.25, 0.3) is 0 Å². The fourth-order valence-electron chi connectivity index (χ4n) is 2.45. The second kappa shape index (κ2) is 8.95. The van der Waals surface area contributed by atoms with Gasteiger partial charge in [-0.2, -0.15) is 0 Å². The van der Waals surface area contributed by atoms with Crippen LogP contribution in [-0.4, -0.2) is 20.4 Å². The quantitative estimate of drug-likeness (QED) is 0.698. The molecule has 1 aromatic carbocycles. The lowest BCUT2D eigenvalue weighted by Crippen LogP contribution is -2.47. The number of hydrogen-bond acceptors (Lipinski definition) is 4. The predicted molar refractivity (Wildman–Crippen MR) is 96.0 cm³/mol. The molecule has 0 saturated carbocycles. The van der Waals surface area contributed by atoms with Crippen molar-refractivity contribution in [1.29, 1.82) is 0 Å². The molecule has 8 heteroatoms. The van der Waals surface area contributed by atoms with E-state index >= 15 is 0 Å². The summed E-state index contributed by atoms with van der Waals surface area (Å²) >= 11 is 0. The molecule has 26 heavy (non-hydrogen) atoms. The standard InChI is InChI=1S/C18H23FN2O4S/c1-13(2)10-17(18(22)20-11-16-4-3-9-25-16)21-26(23,24)12-14-5-7-15(19)8-6-14/h3-9,13,17,21H,10-12H2,1-2H3,(H,20,22)/t17-/m1/s1. The number of carbonyl (C=O) groups excluding carboxylic acids is 1. The minimum Gasteiger partial charge on any atom is -0.467 e. The molecule has 142 valence electrons. The molecule has 0 bridgehead atoms. The zero-order chi connectivity index (χ0) is 19.2. The molecule has 1 aromatic heterocycles. The van der Waals surface area contributed by atoms with Crippen molar-refractivity contribution in [2.24, 2.45) is 5.92 Å². The van der Waals surface area contributed by atoms with E-state index in [0.717, 1.165) is 0 Å². The summed E-state index contributed by atoms with van der Waals surface area (Å²) in [6.07, 6.45) is 1.85. The third-order valence-electron chi connectivity index (χ3n) is 3.63. The lowest BCUT2D eigenvalue weighted by molar-refractivity contribution is -0.123. The highest BCUT2D eigenvalue weighted by Gasteiger charge is 2.25. The SMILES string of the molecule is CC(C)C[C@@H](NS(=O)(=O)Cc1ccc(F)cc1)C(=O)NCc1ccco1. The number of furan rings is 1. The Balaban J connectivity index is 2.02. The highest BCUT2D eigenvalue weighted by Crippen LogP contribution is 2.11. The van der Waals surface area contributed by atoms with Gasteiger partial charge in [-0.3, -0.25) is 4.79 Å². The first-order valence-corrected chi connectivity index (χ1v) is 9.95. The number of halogens is 1. The molecule has 2 rings (SSSR count). The Morgan fingerprint density at radius 3 is 2.46 bits per heavy atom. The van der Waals surface area contributed by atoms with Crippen LogP contribution < -0.4 is 10.0 Å². The Labute approximate surface area is 152 Å². The normalized spacial score (nSPS) is 12.9. The molecule has 1 atom stereocenters. The minimum atomic E-state index is -3.77. The molecule has 0 fully saturated rings. The molecule has 1 amide bonds. The fourth-order valence-corrected chi connectivity index (χ4v) is 3.80. The first-order chi connectivity index (χ1) is 12.2. The van der Waals surface area contributed by atoms with Gasteiger partial charge >= 0.3 is 0 Å². The molecule has 0 aliphatic carbocycles. The number of amides is 1. The van der Waals surface area contributed by atoms with Crippen LogP contribution in [0.25, 0.3) is 0 Å². The average molecular weight is 382 g/mol. The number of carbonyl (C=O) groups is 1. The lowest BCUT2D eigenvalue weighted by atomic mass is 10.0. The van der Waals surface area contributed by atoms with E-state index in [2.05, 4.69) is 10.0 Å². The van der Waals surface area contributed by atoms with Crippen molar-refractivity contribution in [2.75, 3.05) is 0 Å². The number of sulfonamides is 1. The van der Waals surface area contributed by atoms with Crippen LogP contribution in [0.4, 0.5) is 4.39 Å². The summed E-state index contributed by atoms with van der Waals surface area (Å²) in [6, 6.07) is 7.75. The molecule has 0 aliphatic heterocycles. The maximum atomic E-state index is 13.0. The molecule has 0 aliphatic rings. The molecular weight excluding hydrogens is 359 g/mol. The van der Waals surface area contributed by atoms with Crippen molar-refractivity contribution < 1.29 is 22.0 Å². The van der Waals surface area contributed by atoms with E-state index in [0.29, 0.717) is 17.7 Å². The zero-order valence-corrected chi connectivity index (χ0v) is 15.6. The molecule has 0 spiro atoms. The maximum absolute atomic E-state index is 13.0. The van der Waals surface area contributed by atoms with Crippen molar-refractivity contribution in [3.8, 4) is 0 Å². The van der Waals surface area contributed by atoms with Crippen molar-refractivity contribution in [3.05, 3.63) is 59.8 Å².